The molecule has 2 heterocycles. The molecular formula is C14H25N5. The maximum atomic E-state index is 4.59. The molecule has 0 amide bonds. The van der Waals surface area contributed by atoms with Gasteiger partial charge in [0, 0.05) is 37.8 Å². The largest absolute Gasteiger partial charge is 0.367 e. The predicted molar refractivity (Wildman–Crippen MR) is 79.8 cm³/mol. The van der Waals surface area contributed by atoms with Gasteiger partial charge in [0.25, 0.3) is 0 Å². The minimum absolute atomic E-state index is 0.433. The molecular weight excluding hydrogens is 238 g/mol. The molecule has 0 aliphatic carbocycles. The van der Waals surface area contributed by atoms with Gasteiger partial charge in [0.2, 0.25) is 0 Å². The molecule has 0 spiro atoms. The Kier molecular flexibility index (Phi) is 4.58. The Balaban J connectivity index is 2.20. The Hall–Kier alpha value is -1.36. The third-order valence-electron chi connectivity index (χ3n) is 3.63. The summed E-state index contributed by atoms with van der Waals surface area (Å²) in [4.78, 5) is 11.4. The van der Waals surface area contributed by atoms with Gasteiger partial charge in [-0.2, -0.15) is 0 Å². The molecule has 0 saturated carbocycles. The predicted octanol–water partition coefficient (Wildman–Crippen LogP) is 1.79. The van der Waals surface area contributed by atoms with Crippen molar-refractivity contribution in [2.75, 3.05) is 29.9 Å². The first-order chi connectivity index (χ1) is 9.10. The summed E-state index contributed by atoms with van der Waals surface area (Å²) in [5, 5.41) is 6.84. The van der Waals surface area contributed by atoms with Crippen LogP contribution in [0.5, 0.6) is 0 Å². The molecule has 1 aromatic heterocycles. The van der Waals surface area contributed by atoms with Crippen LogP contribution < -0.4 is 15.5 Å². The average Bonchev–Trinajstić information content (AvgIpc) is 2.38. The molecule has 2 atom stereocenters. The zero-order valence-electron chi connectivity index (χ0n) is 12.4. The molecule has 1 aliphatic heterocycles. The number of rotatable bonds is 4. The first-order valence-electron chi connectivity index (χ1n) is 7.19. The molecule has 19 heavy (non-hydrogen) atoms. The minimum atomic E-state index is 0.433. The normalized spacial score (nSPS) is 21.3. The molecule has 0 aromatic carbocycles. The molecule has 106 valence electrons. The van der Waals surface area contributed by atoms with Gasteiger partial charge in [0.15, 0.2) is 0 Å². The van der Waals surface area contributed by atoms with Crippen LogP contribution >= 0.6 is 0 Å². The third-order valence-corrected chi connectivity index (χ3v) is 3.63. The highest BCUT2D eigenvalue weighted by Gasteiger charge is 2.20. The van der Waals surface area contributed by atoms with Gasteiger partial charge in [-0.05, 0) is 27.2 Å². The summed E-state index contributed by atoms with van der Waals surface area (Å²) in [5.74, 6) is 2.80. The standard InChI is InChI=1S/C14H25N5/c1-5-10(2)16-13-8-14(18-12(4)17-13)19-7-6-15-9-11(19)3/h8,10-11,15H,5-7,9H2,1-4H3,(H,16,17,18). The van der Waals surface area contributed by atoms with Gasteiger partial charge in [-0.3, -0.25) is 0 Å². The number of nitrogens with zero attached hydrogens (tertiary/aromatic N) is 3. The van der Waals surface area contributed by atoms with Crippen molar-refractivity contribution < 1.29 is 0 Å². The minimum Gasteiger partial charge on any atom is -0.367 e. The summed E-state index contributed by atoms with van der Waals surface area (Å²) < 4.78 is 0. The van der Waals surface area contributed by atoms with Crippen molar-refractivity contribution in [3.63, 3.8) is 0 Å². The fraction of sp³-hybridized carbons (Fsp3) is 0.714. The van der Waals surface area contributed by atoms with Gasteiger partial charge in [0.05, 0.1) is 0 Å². The van der Waals surface area contributed by atoms with Crippen molar-refractivity contribution in [2.45, 2.75) is 46.2 Å². The Bertz CT molecular complexity index is 420. The Morgan fingerprint density at radius 2 is 2.32 bits per heavy atom. The molecule has 2 N–H and O–H groups in total. The lowest BCUT2D eigenvalue weighted by Crippen LogP contribution is -2.50. The van der Waals surface area contributed by atoms with Crippen LogP contribution in [0.4, 0.5) is 11.6 Å². The van der Waals surface area contributed by atoms with Gasteiger partial charge in [-0.1, -0.05) is 6.92 Å². The van der Waals surface area contributed by atoms with Crippen molar-refractivity contribution in [1.29, 1.82) is 0 Å². The van der Waals surface area contributed by atoms with E-state index in [0.29, 0.717) is 12.1 Å². The van der Waals surface area contributed by atoms with Crippen LogP contribution in [0.25, 0.3) is 0 Å². The molecule has 5 heteroatoms. The molecule has 0 bridgehead atoms. The molecule has 2 unspecified atom stereocenters. The SMILES string of the molecule is CCC(C)Nc1cc(N2CCNCC2C)nc(C)n1. The van der Waals surface area contributed by atoms with E-state index < -0.39 is 0 Å². The molecule has 0 radical (unpaired) electrons. The number of anilines is 2. The topological polar surface area (TPSA) is 53.1 Å². The second-order valence-electron chi connectivity index (χ2n) is 5.36. The van der Waals surface area contributed by atoms with Crippen molar-refractivity contribution in [1.82, 2.24) is 15.3 Å². The summed E-state index contributed by atoms with van der Waals surface area (Å²) in [7, 11) is 0. The van der Waals surface area contributed by atoms with E-state index in [1.165, 1.54) is 0 Å². The van der Waals surface area contributed by atoms with Crippen molar-refractivity contribution in [3.8, 4) is 0 Å². The Morgan fingerprint density at radius 3 is 3.00 bits per heavy atom. The molecule has 1 aromatic rings. The smallest absolute Gasteiger partial charge is 0.134 e. The summed E-state index contributed by atoms with van der Waals surface area (Å²) >= 11 is 0. The number of hydrogen-bond donors (Lipinski definition) is 2. The molecule has 1 saturated heterocycles. The molecule has 1 aliphatic rings. The summed E-state index contributed by atoms with van der Waals surface area (Å²) in [6.07, 6.45) is 1.09. The lowest BCUT2D eigenvalue weighted by molar-refractivity contribution is 0.496. The van der Waals surface area contributed by atoms with Gasteiger partial charge < -0.3 is 15.5 Å². The highest BCUT2D eigenvalue weighted by molar-refractivity contribution is 5.50. The second kappa shape index (κ2) is 6.19. The van der Waals surface area contributed by atoms with E-state index in [9.17, 15) is 0 Å². The summed E-state index contributed by atoms with van der Waals surface area (Å²) in [6, 6.07) is 2.98. The maximum absolute atomic E-state index is 4.59. The van der Waals surface area contributed by atoms with Crippen molar-refractivity contribution in [2.24, 2.45) is 0 Å². The number of nitrogens with one attached hydrogen (secondary N) is 2. The number of piperazine rings is 1. The number of aromatic nitrogens is 2. The van der Waals surface area contributed by atoms with Crippen LogP contribution in [0.2, 0.25) is 0 Å². The van der Waals surface area contributed by atoms with Gasteiger partial charge in [-0.25, -0.2) is 9.97 Å². The maximum Gasteiger partial charge on any atom is 0.134 e. The highest BCUT2D eigenvalue weighted by Crippen LogP contribution is 2.19. The van der Waals surface area contributed by atoms with Crippen LogP contribution in [0.1, 0.15) is 33.0 Å². The summed E-state index contributed by atoms with van der Waals surface area (Å²) in [6.45, 7) is 11.6. The number of aryl methyl sites for hydroxylation is 1. The van der Waals surface area contributed by atoms with Crippen molar-refractivity contribution >= 4 is 11.6 Å². The quantitative estimate of drug-likeness (QED) is 0.867. The van der Waals surface area contributed by atoms with Gasteiger partial charge in [0.1, 0.15) is 17.5 Å². The highest BCUT2D eigenvalue weighted by atomic mass is 15.3. The Morgan fingerprint density at radius 1 is 1.53 bits per heavy atom. The Labute approximate surface area is 115 Å². The van der Waals surface area contributed by atoms with E-state index in [4.69, 9.17) is 0 Å². The van der Waals surface area contributed by atoms with E-state index in [1.807, 2.05) is 6.92 Å². The van der Waals surface area contributed by atoms with Crippen LogP contribution in [0.3, 0.4) is 0 Å². The van der Waals surface area contributed by atoms with E-state index in [0.717, 1.165) is 43.5 Å². The number of hydrogen-bond acceptors (Lipinski definition) is 5. The monoisotopic (exact) mass is 263 g/mol. The van der Waals surface area contributed by atoms with E-state index in [2.05, 4.69) is 52.3 Å². The van der Waals surface area contributed by atoms with Crippen LogP contribution in [0.15, 0.2) is 6.07 Å². The fourth-order valence-electron chi connectivity index (χ4n) is 2.31. The van der Waals surface area contributed by atoms with Crippen LogP contribution in [-0.4, -0.2) is 41.7 Å². The lowest BCUT2D eigenvalue weighted by Gasteiger charge is -2.35. The van der Waals surface area contributed by atoms with E-state index in [-0.39, 0.29) is 0 Å². The first-order valence-corrected chi connectivity index (χ1v) is 7.19. The first kappa shape index (κ1) is 14.1. The van der Waals surface area contributed by atoms with Gasteiger partial charge in [-0.15, -0.1) is 0 Å². The molecule has 2 rings (SSSR count). The molecule has 1 fully saturated rings. The third kappa shape index (κ3) is 3.56. The van der Waals surface area contributed by atoms with Crippen LogP contribution in [-0.2, 0) is 0 Å². The van der Waals surface area contributed by atoms with E-state index >= 15 is 0 Å². The second-order valence-corrected chi connectivity index (χ2v) is 5.36. The van der Waals surface area contributed by atoms with Crippen molar-refractivity contribution in [3.05, 3.63) is 11.9 Å². The van der Waals surface area contributed by atoms with Gasteiger partial charge >= 0.3 is 0 Å². The lowest BCUT2D eigenvalue weighted by atomic mass is 10.2. The zero-order valence-corrected chi connectivity index (χ0v) is 12.4. The zero-order chi connectivity index (χ0) is 13.8. The average molecular weight is 263 g/mol. The van der Waals surface area contributed by atoms with Crippen LogP contribution in [0, 0.1) is 6.92 Å². The molecule has 5 nitrogen and oxygen atoms in total. The fourth-order valence-corrected chi connectivity index (χ4v) is 2.31. The van der Waals surface area contributed by atoms with E-state index in [1.54, 1.807) is 0 Å². The summed E-state index contributed by atoms with van der Waals surface area (Å²) in [5.41, 5.74) is 0.